The van der Waals surface area contributed by atoms with E-state index >= 15 is 0 Å². The minimum atomic E-state index is -0.325. The zero-order chi connectivity index (χ0) is 56.9. The Morgan fingerprint density at radius 1 is 0.439 bits per heavy atom. The molecule has 5 heteroatoms. The molecular weight excluding hydrogens is 997 g/mol. The zero-order valence-corrected chi connectivity index (χ0v) is 48.9. The maximum atomic E-state index is 7.16. The van der Waals surface area contributed by atoms with Gasteiger partial charge in [-0.3, -0.25) is 13.7 Å². The maximum absolute atomic E-state index is 7.16. The van der Waals surface area contributed by atoms with Crippen LogP contribution in [0.15, 0.2) is 243 Å². The molecule has 0 bridgehead atoms. The van der Waals surface area contributed by atoms with Gasteiger partial charge in [0.2, 0.25) is 0 Å². The summed E-state index contributed by atoms with van der Waals surface area (Å²) >= 11 is 0. The minimum absolute atomic E-state index is 0.245. The number of ether oxygens (including phenoxy) is 1. The molecule has 406 valence electrons. The number of benzene rings is 9. The van der Waals surface area contributed by atoms with Crippen molar-refractivity contribution in [3.8, 4) is 51.1 Å². The molecule has 3 heterocycles. The number of hydrogen-bond acceptors (Lipinski definition) is 2. The lowest BCUT2D eigenvalue weighted by Crippen LogP contribution is -2.34. The van der Waals surface area contributed by atoms with E-state index in [9.17, 15) is 0 Å². The van der Waals surface area contributed by atoms with E-state index in [1.807, 2.05) is 6.20 Å². The molecule has 0 aliphatic carbocycles. The first kappa shape index (κ1) is 53.6. The van der Waals surface area contributed by atoms with Crippen LogP contribution < -0.4 is 9.30 Å². The molecule has 0 fully saturated rings. The van der Waals surface area contributed by atoms with Gasteiger partial charge in [-0.05, 0) is 134 Å². The van der Waals surface area contributed by atoms with Crippen LogP contribution in [-0.2, 0) is 16.2 Å². The number of rotatable bonds is 15. The lowest BCUT2D eigenvalue weighted by atomic mass is 9.73. The highest BCUT2D eigenvalue weighted by molar-refractivity contribution is 6.09. The second-order valence-corrected chi connectivity index (χ2v) is 24.3. The average Bonchev–Trinajstić information content (AvgIpc) is 3.76. The van der Waals surface area contributed by atoms with Crippen LogP contribution in [-0.4, -0.2) is 14.1 Å². The van der Waals surface area contributed by atoms with Crippen molar-refractivity contribution in [2.24, 2.45) is 0 Å². The molecule has 0 unspecified atom stereocenters. The molecule has 12 aromatic rings. The van der Waals surface area contributed by atoms with Gasteiger partial charge in [0.15, 0.2) is 0 Å². The SMILES string of the molecule is CC(C)c1cccc(C(C)C)c1-c1cn(-c2cc(Oc3ccc4c5ccccc5n(-c5cc(C(C)(C)c6ccccc6)ccn5)c4c3)cc(-c3ccccc3)c2)[c-][n+]1-c1cc(C(C)(C)c2ccccc2)cc(C(C)(C)c2ccccc2)c1. The van der Waals surface area contributed by atoms with Crippen molar-refractivity contribution in [3.63, 3.8) is 0 Å². The topological polar surface area (TPSA) is 35.9 Å². The molecule has 0 N–H and O–H groups in total. The predicted octanol–water partition coefficient (Wildman–Crippen LogP) is 19.4. The van der Waals surface area contributed by atoms with Crippen LogP contribution in [0.5, 0.6) is 11.5 Å². The number of hydrogen-bond donors (Lipinski definition) is 0. The van der Waals surface area contributed by atoms with Crippen LogP contribution in [0.4, 0.5) is 0 Å². The van der Waals surface area contributed by atoms with Gasteiger partial charge in [-0.15, -0.1) is 0 Å². The number of imidazole rings is 1. The summed E-state index contributed by atoms with van der Waals surface area (Å²) in [4.78, 5) is 5.05. The first-order valence-electron chi connectivity index (χ1n) is 29.0. The predicted molar refractivity (Wildman–Crippen MR) is 340 cm³/mol. The Labute approximate surface area is 484 Å². The van der Waals surface area contributed by atoms with Gasteiger partial charge >= 0.3 is 0 Å². The first-order valence-corrected chi connectivity index (χ1v) is 29.0. The van der Waals surface area contributed by atoms with E-state index in [0.29, 0.717) is 5.75 Å². The molecule has 82 heavy (non-hydrogen) atoms. The minimum Gasteiger partial charge on any atom is -0.458 e. The van der Waals surface area contributed by atoms with Crippen LogP contribution in [0, 0.1) is 6.33 Å². The third-order valence-corrected chi connectivity index (χ3v) is 17.3. The van der Waals surface area contributed by atoms with E-state index in [0.717, 1.165) is 61.6 Å². The number of nitrogens with zero attached hydrogens (tertiary/aromatic N) is 4. The Hall–Kier alpha value is -9.06. The molecular formula is C77H72N4O. The molecule has 0 radical (unpaired) electrons. The van der Waals surface area contributed by atoms with E-state index < -0.39 is 0 Å². The van der Waals surface area contributed by atoms with Crippen LogP contribution in [0.25, 0.3) is 61.4 Å². The monoisotopic (exact) mass is 1070 g/mol. The van der Waals surface area contributed by atoms with Crippen LogP contribution in [0.2, 0.25) is 0 Å². The highest BCUT2D eigenvalue weighted by Gasteiger charge is 2.31. The highest BCUT2D eigenvalue weighted by Crippen LogP contribution is 2.42. The van der Waals surface area contributed by atoms with Gasteiger partial charge in [-0.25, -0.2) is 4.98 Å². The molecule has 9 aromatic carbocycles. The van der Waals surface area contributed by atoms with Gasteiger partial charge in [0.25, 0.3) is 6.33 Å². The second-order valence-electron chi connectivity index (χ2n) is 24.3. The fraction of sp³-hybridized carbons (Fsp3) is 0.195. The molecule has 5 nitrogen and oxygen atoms in total. The van der Waals surface area contributed by atoms with E-state index in [1.54, 1.807) is 0 Å². The summed E-state index contributed by atoms with van der Waals surface area (Å²) in [6.45, 7) is 23.2. The fourth-order valence-corrected chi connectivity index (χ4v) is 12.2. The average molecular weight is 1070 g/mol. The van der Waals surface area contributed by atoms with Crippen molar-refractivity contribution in [1.82, 2.24) is 14.1 Å². The smallest absolute Gasteiger partial charge is 0.269 e. The van der Waals surface area contributed by atoms with E-state index in [2.05, 4.69) is 326 Å². The summed E-state index contributed by atoms with van der Waals surface area (Å²) in [5.41, 5.74) is 17.6. The Morgan fingerprint density at radius 2 is 0.976 bits per heavy atom. The van der Waals surface area contributed by atoms with Crippen molar-refractivity contribution in [1.29, 1.82) is 0 Å². The van der Waals surface area contributed by atoms with Gasteiger partial charge < -0.3 is 4.74 Å². The standard InChI is InChI=1S/C77H72N4O/c1-52(2)66-35-25-36-67(53(3)4)74(66)72-50-79(51-80(72)63-45-60(76(7,8)57-30-19-13-20-31-57)44-61(46-63)77(9,10)58-32-21-14-22-33-58)62-42-55(54-26-15-11-16-27-54)43-65(48-62)82-64-38-39-69-68-34-23-24-37-70(68)81(71(69)49-64)73-47-59(40-41-78-73)75(5,6)56-28-17-12-18-29-56/h11-50,52-53H,1-10H3. The van der Waals surface area contributed by atoms with Crippen molar-refractivity contribution >= 4 is 21.8 Å². The number of fused-ring (bicyclic) bond motifs is 3. The third-order valence-electron chi connectivity index (χ3n) is 17.3. The molecule has 0 saturated heterocycles. The lowest BCUT2D eigenvalue weighted by Gasteiger charge is -2.32. The summed E-state index contributed by atoms with van der Waals surface area (Å²) in [5.74, 6) is 2.82. The fourth-order valence-electron chi connectivity index (χ4n) is 12.2. The van der Waals surface area contributed by atoms with Gasteiger partial charge in [-0.1, -0.05) is 233 Å². The molecule has 0 atom stereocenters. The normalized spacial score (nSPS) is 12.2. The van der Waals surface area contributed by atoms with E-state index in [1.165, 1.54) is 50.1 Å². The first-order chi connectivity index (χ1) is 39.6. The van der Waals surface area contributed by atoms with Crippen LogP contribution in [0.3, 0.4) is 0 Å². The number of para-hydroxylation sites is 1. The molecule has 0 aliphatic heterocycles. The van der Waals surface area contributed by atoms with Gasteiger partial charge in [0.1, 0.15) is 17.3 Å². The van der Waals surface area contributed by atoms with Crippen molar-refractivity contribution in [2.75, 3.05) is 0 Å². The van der Waals surface area contributed by atoms with Crippen molar-refractivity contribution in [2.45, 2.75) is 97.3 Å². The van der Waals surface area contributed by atoms with Crippen molar-refractivity contribution < 1.29 is 9.30 Å². The van der Waals surface area contributed by atoms with Crippen LogP contribution in [0.1, 0.15) is 126 Å². The largest absolute Gasteiger partial charge is 0.458 e. The molecule has 0 amide bonds. The molecule has 0 spiro atoms. The number of aromatic nitrogens is 4. The molecule has 3 aromatic heterocycles. The zero-order valence-electron chi connectivity index (χ0n) is 48.9. The van der Waals surface area contributed by atoms with Gasteiger partial charge in [0, 0.05) is 45.5 Å². The Balaban J connectivity index is 1.05. The lowest BCUT2D eigenvalue weighted by molar-refractivity contribution is -0.588. The Bertz CT molecular complexity index is 4160. The van der Waals surface area contributed by atoms with Crippen LogP contribution >= 0.6 is 0 Å². The maximum Gasteiger partial charge on any atom is 0.269 e. The molecule has 0 saturated carbocycles. The number of pyridine rings is 1. The molecule has 0 aliphatic rings. The van der Waals surface area contributed by atoms with E-state index in [4.69, 9.17) is 9.72 Å². The third kappa shape index (κ3) is 9.93. The Morgan fingerprint density at radius 3 is 1.56 bits per heavy atom. The Kier molecular flexibility index (Phi) is 14.0. The molecule has 12 rings (SSSR count). The summed E-state index contributed by atoms with van der Waals surface area (Å²) in [6.07, 6.45) is 8.25. The summed E-state index contributed by atoms with van der Waals surface area (Å²) in [6, 6.07) is 83.2. The van der Waals surface area contributed by atoms with Gasteiger partial charge in [0.05, 0.1) is 28.1 Å². The quantitative estimate of drug-likeness (QED) is 0.0758. The summed E-state index contributed by atoms with van der Waals surface area (Å²) < 4.78 is 14.0. The van der Waals surface area contributed by atoms with Gasteiger partial charge in [-0.2, -0.15) is 0 Å². The summed E-state index contributed by atoms with van der Waals surface area (Å²) in [7, 11) is 0. The highest BCUT2D eigenvalue weighted by atomic mass is 16.5. The summed E-state index contributed by atoms with van der Waals surface area (Å²) in [5, 5.41) is 2.29. The second kappa shape index (κ2) is 21.4. The van der Waals surface area contributed by atoms with Crippen molar-refractivity contribution in [3.05, 3.63) is 294 Å². The van der Waals surface area contributed by atoms with E-state index in [-0.39, 0.29) is 28.1 Å².